The number of carbonyl (C=O) groups excluding carboxylic acids is 2. The zero-order valence-electron chi connectivity index (χ0n) is 20.6. The van der Waals surface area contributed by atoms with E-state index in [1.54, 1.807) is 0 Å². The zero-order valence-corrected chi connectivity index (χ0v) is 20.6. The molecule has 0 spiro atoms. The smallest absolute Gasteiger partial charge is 0.250 e. The summed E-state index contributed by atoms with van der Waals surface area (Å²) in [6.45, 7) is 4.57. The van der Waals surface area contributed by atoms with Crippen LogP contribution in [0.2, 0.25) is 0 Å². The van der Waals surface area contributed by atoms with Crippen LogP contribution in [0.1, 0.15) is 30.5 Å². The summed E-state index contributed by atoms with van der Waals surface area (Å²) < 4.78 is 0. The summed E-state index contributed by atoms with van der Waals surface area (Å²) in [6.07, 6.45) is 3.91. The molecule has 1 aliphatic rings. The van der Waals surface area contributed by atoms with Crippen molar-refractivity contribution >= 4 is 17.9 Å². The minimum absolute atomic E-state index is 0.201. The Hall–Kier alpha value is -4.38. The fourth-order valence-corrected chi connectivity index (χ4v) is 4.36. The highest BCUT2D eigenvalue weighted by Gasteiger charge is 2.33. The summed E-state index contributed by atoms with van der Waals surface area (Å²) in [5, 5.41) is 9.34. The molecule has 0 fully saturated rings. The zero-order chi connectivity index (χ0) is 25.3. The number of nitrogens with one attached hydrogen (secondary N) is 3. The van der Waals surface area contributed by atoms with Crippen LogP contribution in [0.4, 0.5) is 0 Å². The van der Waals surface area contributed by atoms with Gasteiger partial charge in [-0.05, 0) is 30.5 Å². The van der Waals surface area contributed by atoms with E-state index in [2.05, 4.69) is 16.0 Å². The second-order valence-electron chi connectivity index (χ2n) is 8.79. The highest BCUT2D eigenvalue weighted by atomic mass is 16.2. The third-order valence-electron chi connectivity index (χ3n) is 6.17. The molecular formula is C31H31N3O2. The first-order valence-electron chi connectivity index (χ1n) is 12.1. The minimum Gasteiger partial charge on any atom is -0.362 e. The molecular weight excluding hydrogens is 446 g/mol. The SMILES string of the molecule is CC1=C(C(=O)NCc2ccccc2)C(/C=C/c2ccccc2)C(C(=O)NCc2ccccc2)=C(C)N1. The molecule has 36 heavy (non-hydrogen) atoms. The van der Waals surface area contributed by atoms with Gasteiger partial charge in [-0.3, -0.25) is 9.59 Å². The van der Waals surface area contributed by atoms with E-state index in [4.69, 9.17) is 0 Å². The second-order valence-corrected chi connectivity index (χ2v) is 8.79. The van der Waals surface area contributed by atoms with Crippen molar-refractivity contribution in [2.24, 2.45) is 5.92 Å². The van der Waals surface area contributed by atoms with Gasteiger partial charge in [-0.1, -0.05) is 103 Å². The van der Waals surface area contributed by atoms with Crippen LogP contribution in [0.5, 0.6) is 0 Å². The van der Waals surface area contributed by atoms with Gasteiger partial charge in [-0.25, -0.2) is 0 Å². The fraction of sp³-hybridized carbons (Fsp3) is 0.161. The highest BCUT2D eigenvalue weighted by Crippen LogP contribution is 2.32. The number of rotatable bonds is 8. The molecule has 3 aromatic carbocycles. The maximum Gasteiger partial charge on any atom is 0.250 e. The van der Waals surface area contributed by atoms with Crippen LogP contribution in [0.25, 0.3) is 6.08 Å². The topological polar surface area (TPSA) is 70.2 Å². The molecule has 0 radical (unpaired) electrons. The summed E-state index contributed by atoms with van der Waals surface area (Å²) in [5.74, 6) is -0.905. The molecule has 4 rings (SSSR count). The van der Waals surface area contributed by atoms with Crippen molar-refractivity contribution < 1.29 is 9.59 Å². The average Bonchev–Trinajstić information content (AvgIpc) is 2.91. The number of hydrogen-bond acceptors (Lipinski definition) is 3. The largest absolute Gasteiger partial charge is 0.362 e. The van der Waals surface area contributed by atoms with E-state index in [-0.39, 0.29) is 11.8 Å². The lowest BCUT2D eigenvalue weighted by Gasteiger charge is -2.29. The quantitative estimate of drug-likeness (QED) is 0.423. The molecule has 5 heteroatoms. The van der Waals surface area contributed by atoms with Crippen molar-refractivity contribution in [3.8, 4) is 0 Å². The number of benzene rings is 3. The van der Waals surface area contributed by atoms with Crippen LogP contribution in [0.15, 0.2) is 120 Å². The molecule has 1 aliphatic heterocycles. The van der Waals surface area contributed by atoms with Crippen LogP contribution < -0.4 is 16.0 Å². The standard InChI is InChI=1S/C31H31N3O2/c1-22-28(30(35)32-20-25-14-8-4-9-15-25)27(19-18-24-12-6-3-7-13-24)29(23(2)34-22)31(36)33-21-26-16-10-5-11-17-26/h3-19,27,34H,20-21H2,1-2H3,(H,32,35)(H,33,36)/b19-18+. The lowest BCUT2D eigenvalue weighted by Crippen LogP contribution is -2.39. The fourth-order valence-electron chi connectivity index (χ4n) is 4.36. The number of dihydropyridines is 1. The van der Waals surface area contributed by atoms with E-state index < -0.39 is 5.92 Å². The first-order valence-corrected chi connectivity index (χ1v) is 12.1. The van der Waals surface area contributed by atoms with Crippen molar-refractivity contribution in [2.75, 3.05) is 0 Å². The molecule has 0 aliphatic carbocycles. The Labute approximate surface area is 212 Å². The number of allylic oxidation sites excluding steroid dienone is 3. The maximum absolute atomic E-state index is 13.5. The van der Waals surface area contributed by atoms with Gasteiger partial charge in [0.15, 0.2) is 0 Å². The summed E-state index contributed by atoms with van der Waals surface area (Å²) in [7, 11) is 0. The average molecular weight is 478 g/mol. The lowest BCUT2D eigenvalue weighted by molar-refractivity contribution is -0.118. The third-order valence-corrected chi connectivity index (χ3v) is 6.17. The Kier molecular flexibility index (Phi) is 8.14. The number of hydrogen-bond donors (Lipinski definition) is 3. The van der Waals surface area contributed by atoms with Gasteiger partial charge in [0, 0.05) is 41.5 Å². The van der Waals surface area contributed by atoms with Crippen molar-refractivity contribution in [1.29, 1.82) is 0 Å². The van der Waals surface area contributed by atoms with Gasteiger partial charge in [0.05, 0.1) is 0 Å². The molecule has 3 N–H and O–H groups in total. The normalized spacial score (nSPS) is 14.1. The van der Waals surface area contributed by atoms with Crippen LogP contribution in [0.3, 0.4) is 0 Å². The first kappa shape index (κ1) is 24.7. The Morgan fingerprint density at radius 1 is 0.694 bits per heavy atom. The molecule has 0 unspecified atom stereocenters. The molecule has 182 valence electrons. The van der Waals surface area contributed by atoms with E-state index in [0.29, 0.717) is 24.2 Å². The predicted octanol–water partition coefficient (Wildman–Crippen LogP) is 5.10. The van der Waals surface area contributed by atoms with E-state index in [9.17, 15) is 9.59 Å². The molecule has 0 bridgehead atoms. The van der Waals surface area contributed by atoms with Crippen molar-refractivity contribution in [3.05, 3.63) is 136 Å². The van der Waals surface area contributed by atoms with E-state index >= 15 is 0 Å². The highest BCUT2D eigenvalue weighted by molar-refractivity contribution is 6.02. The van der Waals surface area contributed by atoms with Crippen molar-refractivity contribution in [1.82, 2.24) is 16.0 Å². The maximum atomic E-state index is 13.5. The van der Waals surface area contributed by atoms with Gasteiger partial charge in [0.2, 0.25) is 11.8 Å². The Balaban J connectivity index is 1.61. The Morgan fingerprint density at radius 3 is 1.56 bits per heavy atom. The van der Waals surface area contributed by atoms with E-state index in [0.717, 1.165) is 28.1 Å². The van der Waals surface area contributed by atoms with Crippen LogP contribution in [-0.4, -0.2) is 11.8 Å². The monoisotopic (exact) mass is 477 g/mol. The number of amides is 2. The summed E-state index contributed by atoms with van der Waals surface area (Å²) in [4.78, 5) is 26.9. The van der Waals surface area contributed by atoms with Gasteiger partial charge < -0.3 is 16.0 Å². The molecule has 2 amide bonds. The Bertz CT molecular complexity index is 1220. The molecule has 3 aromatic rings. The van der Waals surface area contributed by atoms with Gasteiger partial charge in [0.1, 0.15) is 0 Å². The van der Waals surface area contributed by atoms with Crippen molar-refractivity contribution in [3.63, 3.8) is 0 Å². The predicted molar refractivity (Wildman–Crippen MR) is 144 cm³/mol. The third kappa shape index (κ3) is 6.19. The molecule has 0 aromatic heterocycles. The van der Waals surface area contributed by atoms with Crippen LogP contribution in [0, 0.1) is 5.92 Å². The van der Waals surface area contributed by atoms with E-state index in [1.165, 1.54) is 0 Å². The second kappa shape index (κ2) is 11.8. The Morgan fingerprint density at radius 2 is 1.11 bits per heavy atom. The summed E-state index contributed by atoms with van der Waals surface area (Å²) >= 11 is 0. The van der Waals surface area contributed by atoms with Gasteiger partial charge in [-0.15, -0.1) is 0 Å². The molecule has 0 atom stereocenters. The van der Waals surface area contributed by atoms with Crippen LogP contribution in [-0.2, 0) is 22.7 Å². The minimum atomic E-state index is -0.502. The first-order chi connectivity index (χ1) is 17.5. The van der Waals surface area contributed by atoms with E-state index in [1.807, 2.05) is 117 Å². The van der Waals surface area contributed by atoms with Gasteiger partial charge in [-0.2, -0.15) is 0 Å². The molecule has 0 saturated carbocycles. The summed E-state index contributed by atoms with van der Waals surface area (Å²) in [5.41, 5.74) is 5.57. The molecule has 1 heterocycles. The van der Waals surface area contributed by atoms with Crippen molar-refractivity contribution in [2.45, 2.75) is 26.9 Å². The van der Waals surface area contributed by atoms with Gasteiger partial charge >= 0.3 is 0 Å². The molecule has 5 nitrogen and oxygen atoms in total. The van der Waals surface area contributed by atoms with Crippen LogP contribution >= 0.6 is 0 Å². The lowest BCUT2D eigenvalue weighted by atomic mass is 9.83. The molecule has 0 saturated heterocycles. The summed E-state index contributed by atoms with van der Waals surface area (Å²) in [6, 6.07) is 29.4. The van der Waals surface area contributed by atoms with Gasteiger partial charge in [0.25, 0.3) is 0 Å². The number of carbonyl (C=O) groups is 2.